The Kier molecular flexibility index (Phi) is 5.29. The zero-order valence-corrected chi connectivity index (χ0v) is 11.8. The molecular weight excluding hydrogens is 257 g/mol. The number of hydrogen-bond acceptors (Lipinski definition) is 1. The summed E-state index contributed by atoms with van der Waals surface area (Å²) in [4.78, 5) is 12.0. The van der Waals surface area contributed by atoms with Gasteiger partial charge < -0.3 is 5.32 Å². The van der Waals surface area contributed by atoms with Crippen LogP contribution in [0.2, 0.25) is 5.02 Å². The highest BCUT2D eigenvalue weighted by molar-refractivity contribution is 6.33. The summed E-state index contributed by atoms with van der Waals surface area (Å²) in [6.45, 7) is 5.87. The number of carbonyl (C=O) groups is 1. The Morgan fingerprint density at radius 3 is 2.59 bits per heavy atom. The first-order valence-corrected chi connectivity index (χ1v) is 6.50. The molecule has 0 heterocycles. The summed E-state index contributed by atoms with van der Waals surface area (Å²) in [5.41, 5.74) is 1.54. The van der Waals surface area contributed by atoms with Gasteiger partial charge in [0.05, 0.1) is 10.6 Å². The van der Waals surface area contributed by atoms with Gasteiger partial charge in [0, 0.05) is 11.9 Å². The van der Waals surface area contributed by atoms with Crippen molar-refractivity contribution in [1.82, 2.24) is 5.32 Å². The molecule has 1 aromatic carbocycles. The fourth-order valence-electron chi connectivity index (χ4n) is 1.36. The first-order valence-electron chi connectivity index (χ1n) is 5.58. The van der Waals surface area contributed by atoms with Gasteiger partial charge in [-0.25, -0.2) is 0 Å². The number of alkyl halides is 1. The quantitative estimate of drug-likeness (QED) is 0.834. The molecule has 0 spiro atoms. The van der Waals surface area contributed by atoms with Crippen molar-refractivity contribution in [2.45, 2.75) is 26.8 Å². The number of nitrogens with one attached hydrogen (secondary N) is 1. The number of hydrogen-bond donors (Lipinski definition) is 1. The minimum atomic E-state index is -0.153. The largest absolute Gasteiger partial charge is 0.349 e. The van der Waals surface area contributed by atoms with Crippen LogP contribution in [0.15, 0.2) is 18.2 Å². The average Bonchev–Trinajstić information content (AvgIpc) is 2.27. The summed E-state index contributed by atoms with van der Waals surface area (Å²) < 4.78 is 0. The van der Waals surface area contributed by atoms with Crippen molar-refractivity contribution in [1.29, 1.82) is 0 Å². The van der Waals surface area contributed by atoms with E-state index in [1.807, 2.05) is 26.8 Å². The summed E-state index contributed by atoms with van der Waals surface area (Å²) in [7, 11) is 0. The van der Waals surface area contributed by atoms with Gasteiger partial charge in [0.25, 0.3) is 5.91 Å². The van der Waals surface area contributed by atoms with Crippen LogP contribution in [0.1, 0.15) is 29.8 Å². The van der Waals surface area contributed by atoms with Gasteiger partial charge in [0.1, 0.15) is 0 Å². The molecule has 0 aliphatic carbocycles. The van der Waals surface area contributed by atoms with Crippen LogP contribution < -0.4 is 5.32 Å². The molecule has 0 saturated carbocycles. The molecule has 0 fully saturated rings. The smallest absolute Gasteiger partial charge is 0.253 e. The van der Waals surface area contributed by atoms with Gasteiger partial charge in [-0.15, -0.1) is 11.6 Å². The van der Waals surface area contributed by atoms with E-state index < -0.39 is 0 Å². The van der Waals surface area contributed by atoms with E-state index in [1.165, 1.54) is 0 Å². The third-order valence-electron chi connectivity index (χ3n) is 2.82. The van der Waals surface area contributed by atoms with Crippen LogP contribution in [0.3, 0.4) is 0 Å². The molecule has 1 amide bonds. The molecule has 0 aliphatic heterocycles. The highest BCUT2D eigenvalue weighted by Crippen LogP contribution is 2.18. The van der Waals surface area contributed by atoms with Crippen LogP contribution in [0.5, 0.6) is 0 Å². The summed E-state index contributed by atoms with van der Waals surface area (Å²) in [6, 6.07) is 5.42. The van der Waals surface area contributed by atoms with Crippen LogP contribution in [0.4, 0.5) is 0 Å². The van der Waals surface area contributed by atoms with E-state index in [2.05, 4.69) is 5.32 Å². The molecule has 2 nitrogen and oxygen atoms in total. The van der Waals surface area contributed by atoms with Crippen LogP contribution in [-0.4, -0.2) is 17.8 Å². The van der Waals surface area contributed by atoms with Gasteiger partial charge in [-0.3, -0.25) is 4.79 Å². The normalized spacial score (nSPS) is 14.2. The molecule has 0 bridgehead atoms. The second kappa shape index (κ2) is 6.27. The van der Waals surface area contributed by atoms with E-state index in [-0.39, 0.29) is 17.9 Å². The maximum atomic E-state index is 12.0. The van der Waals surface area contributed by atoms with E-state index in [4.69, 9.17) is 23.2 Å². The Hall–Kier alpha value is -0.730. The molecule has 1 rings (SSSR count). The summed E-state index contributed by atoms with van der Waals surface area (Å²) in [6.07, 6.45) is 0. The zero-order valence-electron chi connectivity index (χ0n) is 10.3. The van der Waals surface area contributed by atoms with Crippen molar-refractivity contribution in [3.8, 4) is 0 Å². The molecule has 0 saturated heterocycles. The van der Waals surface area contributed by atoms with Gasteiger partial charge in [0.2, 0.25) is 0 Å². The molecular formula is C13H17Cl2NO. The van der Waals surface area contributed by atoms with Crippen molar-refractivity contribution >= 4 is 29.1 Å². The Morgan fingerprint density at radius 2 is 2.06 bits per heavy atom. The Morgan fingerprint density at radius 1 is 1.41 bits per heavy atom. The fourth-order valence-corrected chi connectivity index (χ4v) is 1.95. The molecule has 2 unspecified atom stereocenters. The van der Waals surface area contributed by atoms with E-state index in [0.717, 1.165) is 5.56 Å². The van der Waals surface area contributed by atoms with E-state index in [1.54, 1.807) is 12.1 Å². The first-order chi connectivity index (χ1) is 7.95. The number of amides is 1. The van der Waals surface area contributed by atoms with Crippen LogP contribution >= 0.6 is 23.2 Å². The van der Waals surface area contributed by atoms with Gasteiger partial charge in [-0.1, -0.05) is 24.6 Å². The predicted molar refractivity (Wildman–Crippen MR) is 73.0 cm³/mol. The van der Waals surface area contributed by atoms with Crippen molar-refractivity contribution in [2.24, 2.45) is 5.92 Å². The van der Waals surface area contributed by atoms with E-state index in [0.29, 0.717) is 16.5 Å². The fraction of sp³-hybridized carbons (Fsp3) is 0.462. The van der Waals surface area contributed by atoms with Crippen molar-refractivity contribution in [2.75, 3.05) is 5.88 Å². The Bertz CT molecular complexity index is 406. The van der Waals surface area contributed by atoms with Gasteiger partial charge in [-0.2, -0.15) is 0 Å². The van der Waals surface area contributed by atoms with Crippen molar-refractivity contribution < 1.29 is 4.79 Å². The lowest BCUT2D eigenvalue weighted by molar-refractivity contribution is 0.0931. The molecule has 0 radical (unpaired) electrons. The molecule has 1 N–H and O–H groups in total. The predicted octanol–water partition coefficient (Wildman–Crippen LogP) is 3.64. The van der Waals surface area contributed by atoms with Crippen LogP contribution in [0, 0.1) is 12.8 Å². The zero-order chi connectivity index (χ0) is 13.0. The SMILES string of the molecule is Cc1ccc(C(=O)NC(C)C(C)CCl)c(Cl)c1. The van der Waals surface area contributed by atoms with Crippen molar-refractivity contribution in [3.63, 3.8) is 0 Å². The molecule has 4 heteroatoms. The first kappa shape index (κ1) is 14.3. The van der Waals surface area contributed by atoms with Crippen LogP contribution in [-0.2, 0) is 0 Å². The molecule has 2 atom stereocenters. The molecule has 0 aliphatic rings. The van der Waals surface area contributed by atoms with E-state index in [9.17, 15) is 4.79 Å². The van der Waals surface area contributed by atoms with Crippen LogP contribution in [0.25, 0.3) is 0 Å². The molecule has 94 valence electrons. The summed E-state index contributed by atoms with van der Waals surface area (Å²) in [5, 5.41) is 3.38. The molecule has 17 heavy (non-hydrogen) atoms. The third kappa shape index (κ3) is 3.90. The summed E-state index contributed by atoms with van der Waals surface area (Å²) in [5.74, 6) is 0.590. The minimum absolute atomic E-state index is 0.0253. The number of rotatable bonds is 4. The standard InChI is InChI=1S/C13H17Cl2NO/c1-8-4-5-11(12(15)6-8)13(17)16-10(3)9(2)7-14/h4-6,9-10H,7H2,1-3H3,(H,16,17). The number of aryl methyl sites for hydroxylation is 1. The highest BCUT2D eigenvalue weighted by atomic mass is 35.5. The maximum Gasteiger partial charge on any atom is 0.253 e. The highest BCUT2D eigenvalue weighted by Gasteiger charge is 2.16. The second-order valence-electron chi connectivity index (χ2n) is 4.38. The van der Waals surface area contributed by atoms with E-state index >= 15 is 0 Å². The van der Waals surface area contributed by atoms with Gasteiger partial charge in [-0.05, 0) is 37.5 Å². The number of halogens is 2. The lowest BCUT2D eigenvalue weighted by Crippen LogP contribution is -2.37. The Labute approximate surface area is 112 Å². The molecule has 1 aromatic rings. The number of benzene rings is 1. The lowest BCUT2D eigenvalue weighted by atomic mass is 10.1. The second-order valence-corrected chi connectivity index (χ2v) is 5.09. The Balaban J connectivity index is 2.76. The monoisotopic (exact) mass is 273 g/mol. The summed E-state index contributed by atoms with van der Waals surface area (Å²) >= 11 is 11.8. The van der Waals surface area contributed by atoms with Gasteiger partial charge in [0.15, 0.2) is 0 Å². The third-order valence-corrected chi connectivity index (χ3v) is 3.62. The van der Waals surface area contributed by atoms with Gasteiger partial charge >= 0.3 is 0 Å². The van der Waals surface area contributed by atoms with Crippen molar-refractivity contribution in [3.05, 3.63) is 34.3 Å². The average molecular weight is 274 g/mol. The topological polar surface area (TPSA) is 29.1 Å². The lowest BCUT2D eigenvalue weighted by Gasteiger charge is -2.19. The number of carbonyl (C=O) groups excluding carboxylic acids is 1. The minimum Gasteiger partial charge on any atom is -0.349 e. The molecule has 0 aromatic heterocycles. The maximum absolute atomic E-state index is 12.0.